The van der Waals surface area contributed by atoms with Crippen molar-refractivity contribution in [2.45, 2.75) is 5.88 Å². The van der Waals surface area contributed by atoms with E-state index in [9.17, 15) is 4.79 Å². The van der Waals surface area contributed by atoms with E-state index in [0.29, 0.717) is 27.7 Å². The maximum absolute atomic E-state index is 12.4. The molecule has 0 spiro atoms. The molecule has 0 unspecified atom stereocenters. The van der Waals surface area contributed by atoms with E-state index in [4.69, 9.17) is 20.8 Å². The molecular weight excluding hydrogens is 264 g/mol. The minimum absolute atomic E-state index is 0.0501. The number of para-hydroxylation sites is 1. The van der Waals surface area contributed by atoms with E-state index in [-0.39, 0.29) is 11.3 Å². The zero-order chi connectivity index (χ0) is 13.4. The summed E-state index contributed by atoms with van der Waals surface area (Å²) in [5.74, 6) is 0.909. The minimum atomic E-state index is -0.0501. The van der Waals surface area contributed by atoms with Crippen LogP contribution in [0.3, 0.4) is 0 Å². The standard InChI is InChI=1S/C15H11ClO3/c1-18-13-7-14-11(6-9(13)8-16)15(17)10-4-2-3-5-12(10)19-14/h2-7H,8H2,1H3. The van der Waals surface area contributed by atoms with Gasteiger partial charge in [-0.3, -0.25) is 4.79 Å². The molecule has 0 amide bonds. The second-order valence-electron chi connectivity index (χ2n) is 4.22. The van der Waals surface area contributed by atoms with Crippen molar-refractivity contribution in [2.75, 3.05) is 7.11 Å². The molecule has 0 aliphatic heterocycles. The van der Waals surface area contributed by atoms with E-state index in [1.165, 1.54) is 0 Å². The van der Waals surface area contributed by atoms with Crippen molar-refractivity contribution >= 4 is 33.5 Å². The monoisotopic (exact) mass is 274 g/mol. The number of hydrogen-bond acceptors (Lipinski definition) is 3. The second-order valence-corrected chi connectivity index (χ2v) is 4.49. The van der Waals surface area contributed by atoms with Crippen LogP contribution in [0.15, 0.2) is 45.6 Å². The van der Waals surface area contributed by atoms with E-state index in [1.807, 2.05) is 12.1 Å². The number of rotatable bonds is 2. The summed E-state index contributed by atoms with van der Waals surface area (Å²) in [7, 11) is 1.57. The van der Waals surface area contributed by atoms with Crippen molar-refractivity contribution in [2.24, 2.45) is 0 Å². The van der Waals surface area contributed by atoms with Crippen LogP contribution in [0.25, 0.3) is 21.9 Å². The Morgan fingerprint density at radius 2 is 1.95 bits per heavy atom. The molecule has 0 aliphatic rings. The van der Waals surface area contributed by atoms with Gasteiger partial charge in [0.15, 0.2) is 0 Å². The van der Waals surface area contributed by atoms with Gasteiger partial charge in [0.1, 0.15) is 16.9 Å². The zero-order valence-corrected chi connectivity index (χ0v) is 11.0. The van der Waals surface area contributed by atoms with Crippen LogP contribution >= 0.6 is 11.6 Å². The smallest absolute Gasteiger partial charge is 0.200 e. The molecule has 1 aromatic heterocycles. The molecule has 2 aromatic carbocycles. The van der Waals surface area contributed by atoms with Crippen LogP contribution in [0.1, 0.15) is 5.56 Å². The molecule has 0 saturated carbocycles. The first-order valence-corrected chi connectivity index (χ1v) is 6.36. The van der Waals surface area contributed by atoms with Crippen molar-refractivity contribution in [1.82, 2.24) is 0 Å². The summed E-state index contributed by atoms with van der Waals surface area (Å²) in [5, 5.41) is 1.09. The average Bonchev–Trinajstić information content (AvgIpc) is 2.46. The number of hydrogen-bond donors (Lipinski definition) is 0. The number of fused-ring (bicyclic) bond motifs is 2. The molecule has 3 rings (SSSR count). The number of alkyl halides is 1. The Balaban J connectivity index is 2.48. The number of ether oxygens (including phenoxy) is 1. The third-order valence-corrected chi connectivity index (χ3v) is 3.41. The van der Waals surface area contributed by atoms with Gasteiger partial charge in [-0.1, -0.05) is 12.1 Å². The summed E-state index contributed by atoms with van der Waals surface area (Å²) in [6, 6.07) is 10.6. The highest BCUT2D eigenvalue weighted by Gasteiger charge is 2.11. The normalized spacial score (nSPS) is 11.1. The van der Waals surface area contributed by atoms with Crippen molar-refractivity contribution in [3.05, 3.63) is 52.2 Å². The Morgan fingerprint density at radius 1 is 1.16 bits per heavy atom. The van der Waals surface area contributed by atoms with Gasteiger partial charge in [-0.25, -0.2) is 0 Å². The van der Waals surface area contributed by atoms with Crippen LogP contribution < -0.4 is 10.2 Å². The fraction of sp³-hybridized carbons (Fsp3) is 0.133. The Morgan fingerprint density at radius 3 is 2.68 bits per heavy atom. The molecule has 96 valence electrons. The summed E-state index contributed by atoms with van der Waals surface area (Å²) in [6.07, 6.45) is 0. The van der Waals surface area contributed by atoms with Crippen LogP contribution in [0.5, 0.6) is 5.75 Å². The summed E-state index contributed by atoms with van der Waals surface area (Å²) in [5.41, 5.74) is 1.81. The molecule has 0 fully saturated rings. The largest absolute Gasteiger partial charge is 0.496 e. The van der Waals surface area contributed by atoms with Crippen LogP contribution in [0.2, 0.25) is 0 Å². The van der Waals surface area contributed by atoms with Crippen molar-refractivity contribution in [3.8, 4) is 5.75 Å². The lowest BCUT2D eigenvalue weighted by molar-refractivity contribution is 0.411. The van der Waals surface area contributed by atoms with Crippen LogP contribution in [-0.4, -0.2) is 7.11 Å². The Bertz CT molecular complexity index is 821. The number of benzene rings is 2. The van der Waals surface area contributed by atoms with Crippen molar-refractivity contribution in [3.63, 3.8) is 0 Å². The van der Waals surface area contributed by atoms with Gasteiger partial charge < -0.3 is 9.15 Å². The van der Waals surface area contributed by atoms with Gasteiger partial charge in [-0.05, 0) is 18.2 Å². The molecule has 0 radical (unpaired) electrons. The van der Waals surface area contributed by atoms with Crippen molar-refractivity contribution in [1.29, 1.82) is 0 Å². The van der Waals surface area contributed by atoms with Crippen LogP contribution in [0, 0.1) is 0 Å². The Hall–Kier alpha value is -2.00. The molecule has 19 heavy (non-hydrogen) atoms. The van der Waals surface area contributed by atoms with Crippen LogP contribution in [-0.2, 0) is 5.88 Å². The lowest BCUT2D eigenvalue weighted by Gasteiger charge is -2.08. The quantitative estimate of drug-likeness (QED) is 0.528. The summed E-state index contributed by atoms with van der Waals surface area (Å²) in [6.45, 7) is 0. The second kappa shape index (κ2) is 4.59. The first-order chi connectivity index (χ1) is 9.24. The average molecular weight is 275 g/mol. The van der Waals surface area contributed by atoms with Gasteiger partial charge in [0.05, 0.1) is 23.8 Å². The fourth-order valence-electron chi connectivity index (χ4n) is 2.17. The molecule has 0 saturated heterocycles. The van der Waals surface area contributed by atoms with Crippen LogP contribution in [0.4, 0.5) is 0 Å². The van der Waals surface area contributed by atoms with Crippen molar-refractivity contribution < 1.29 is 9.15 Å². The predicted octanol–water partition coefficient (Wildman–Crippen LogP) is 3.69. The van der Waals surface area contributed by atoms with E-state index in [2.05, 4.69) is 0 Å². The first kappa shape index (κ1) is 12.1. The van der Waals surface area contributed by atoms with E-state index in [1.54, 1.807) is 31.4 Å². The fourth-order valence-corrected chi connectivity index (χ4v) is 2.38. The Kier molecular flexibility index (Phi) is 2.91. The first-order valence-electron chi connectivity index (χ1n) is 5.83. The minimum Gasteiger partial charge on any atom is -0.496 e. The van der Waals surface area contributed by atoms with Gasteiger partial charge in [-0.2, -0.15) is 0 Å². The van der Waals surface area contributed by atoms with E-state index >= 15 is 0 Å². The van der Waals surface area contributed by atoms with Gasteiger partial charge >= 0.3 is 0 Å². The van der Waals surface area contributed by atoms with Gasteiger partial charge in [0, 0.05) is 11.6 Å². The SMILES string of the molecule is COc1cc2oc3ccccc3c(=O)c2cc1CCl. The zero-order valence-electron chi connectivity index (χ0n) is 10.3. The highest BCUT2D eigenvalue weighted by atomic mass is 35.5. The van der Waals surface area contributed by atoms with E-state index in [0.717, 1.165) is 5.56 Å². The van der Waals surface area contributed by atoms with E-state index < -0.39 is 0 Å². The topological polar surface area (TPSA) is 39.4 Å². The maximum Gasteiger partial charge on any atom is 0.200 e. The number of methoxy groups -OCH3 is 1. The molecular formula is C15H11ClO3. The molecule has 3 nitrogen and oxygen atoms in total. The third kappa shape index (κ3) is 1.87. The summed E-state index contributed by atoms with van der Waals surface area (Å²) in [4.78, 5) is 12.4. The molecule has 0 bridgehead atoms. The molecule has 0 atom stereocenters. The highest BCUT2D eigenvalue weighted by molar-refractivity contribution is 6.17. The maximum atomic E-state index is 12.4. The Labute approximate surface area is 114 Å². The molecule has 4 heteroatoms. The summed E-state index contributed by atoms with van der Waals surface area (Å²) < 4.78 is 11.0. The molecule has 1 heterocycles. The third-order valence-electron chi connectivity index (χ3n) is 3.12. The summed E-state index contributed by atoms with van der Waals surface area (Å²) >= 11 is 5.87. The van der Waals surface area contributed by atoms with Gasteiger partial charge in [0.25, 0.3) is 0 Å². The molecule has 0 N–H and O–H groups in total. The number of halogens is 1. The van der Waals surface area contributed by atoms with Gasteiger partial charge in [0.2, 0.25) is 5.43 Å². The van der Waals surface area contributed by atoms with Gasteiger partial charge in [-0.15, -0.1) is 11.6 Å². The molecule has 3 aromatic rings. The lowest BCUT2D eigenvalue weighted by atomic mass is 10.1. The lowest BCUT2D eigenvalue weighted by Crippen LogP contribution is -2.03. The predicted molar refractivity (Wildman–Crippen MR) is 76.1 cm³/mol. The highest BCUT2D eigenvalue weighted by Crippen LogP contribution is 2.27. The molecule has 0 aliphatic carbocycles.